The Morgan fingerprint density at radius 2 is 1.00 bits per heavy atom. The summed E-state index contributed by atoms with van der Waals surface area (Å²) in [6, 6.07) is 0. The van der Waals surface area contributed by atoms with E-state index in [2.05, 4.69) is 67.2 Å². The summed E-state index contributed by atoms with van der Waals surface area (Å²) >= 11 is 0. The monoisotopic (exact) mass is 409 g/mol. The third-order valence-corrected chi connectivity index (χ3v) is 7.28. The third-order valence-electron chi connectivity index (χ3n) is 7.28. The van der Waals surface area contributed by atoms with E-state index in [1.807, 2.05) is 0 Å². The summed E-state index contributed by atoms with van der Waals surface area (Å²) in [5.74, 6) is 0. The molecule has 0 radical (unpaired) electrons. The molecule has 1 aliphatic rings. The molecule has 0 atom stereocenters. The summed E-state index contributed by atoms with van der Waals surface area (Å²) in [6.07, 6.45) is 4.04. The van der Waals surface area contributed by atoms with Crippen LogP contribution in [0.4, 0.5) is 0 Å². The SMILES string of the molecule is C[c-]1[c-](C)[c-](C)[c-](C)[c-]1C.Cc1c(C)c(C)[c-](CCN2CCCC2)c1C.[Fe]. The van der Waals surface area contributed by atoms with Gasteiger partial charge < -0.3 is 32.7 Å². The van der Waals surface area contributed by atoms with Crippen molar-refractivity contribution in [3.05, 3.63) is 55.6 Å². The van der Waals surface area contributed by atoms with Crippen molar-refractivity contribution < 1.29 is 17.1 Å². The maximum Gasteiger partial charge on any atom is 0 e. The van der Waals surface area contributed by atoms with Crippen LogP contribution in [0.15, 0.2) is 0 Å². The van der Waals surface area contributed by atoms with Crippen LogP contribution in [0.1, 0.15) is 68.5 Å². The maximum atomic E-state index is 2.61. The molecule has 2 heteroatoms. The molecule has 0 unspecified atom stereocenters. The van der Waals surface area contributed by atoms with Crippen molar-refractivity contribution in [2.45, 2.75) is 81.6 Å². The fourth-order valence-electron chi connectivity index (χ4n) is 4.35. The second-order valence-corrected chi connectivity index (χ2v) is 8.40. The molecule has 0 amide bonds. The van der Waals surface area contributed by atoms with E-state index in [1.165, 1.54) is 89.0 Å². The van der Waals surface area contributed by atoms with Crippen molar-refractivity contribution in [2.75, 3.05) is 19.6 Å². The Morgan fingerprint density at radius 1 is 0.667 bits per heavy atom. The standard InChI is InChI=1S/C15H24N.C10H15.Fe/c1-11-12(2)14(4)15(13(11)3)7-10-16-8-5-6-9-16;1-6-7(2)9(4)10(5)8(6)3;/h5-10H2,1-4H3;1-5H3;/q-1;-5;. The first-order valence-corrected chi connectivity index (χ1v) is 10.3. The average Bonchev–Trinajstić information content (AvgIpc) is 3.26. The second kappa shape index (κ2) is 10.1. The Kier molecular flexibility index (Phi) is 9.06. The second-order valence-electron chi connectivity index (χ2n) is 8.40. The van der Waals surface area contributed by atoms with Gasteiger partial charge >= 0.3 is 0 Å². The van der Waals surface area contributed by atoms with Gasteiger partial charge in [0.05, 0.1) is 0 Å². The third kappa shape index (κ3) is 5.16. The Morgan fingerprint density at radius 3 is 1.33 bits per heavy atom. The van der Waals surface area contributed by atoms with Crippen LogP contribution < -0.4 is 0 Å². The summed E-state index contributed by atoms with van der Waals surface area (Å²) in [6.45, 7) is 24.0. The Balaban J connectivity index is 0.000000288. The molecular weight excluding hydrogens is 370 g/mol. The van der Waals surface area contributed by atoms with Gasteiger partial charge in [0.1, 0.15) is 0 Å². The number of nitrogens with zero attached hydrogens (tertiary/aromatic N) is 1. The Hall–Kier alpha value is -0.821. The first-order chi connectivity index (χ1) is 12.2. The molecule has 1 aliphatic heterocycles. The molecule has 2 aromatic carbocycles. The van der Waals surface area contributed by atoms with Crippen LogP contribution in [0, 0.1) is 62.3 Å². The molecule has 0 bridgehead atoms. The molecule has 3 rings (SSSR count). The van der Waals surface area contributed by atoms with E-state index >= 15 is 0 Å². The molecule has 1 heterocycles. The predicted molar refractivity (Wildman–Crippen MR) is 116 cm³/mol. The zero-order valence-electron chi connectivity index (χ0n) is 19.0. The van der Waals surface area contributed by atoms with Crippen LogP contribution in [0.3, 0.4) is 0 Å². The zero-order valence-corrected chi connectivity index (χ0v) is 20.1. The van der Waals surface area contributed by atoms with Crippen molar-refractivity contribution in [2.24, 2.45) is 0 Å². The average molecular weight is 409 g/mol. The van der Waals surface area contributed by atoms with Gasteiger partial charge in [-0.1, -0.05) is 34.1 Å². The quantitative estimate of drug-likeness (QED) is 0.430. The molecule has 0 saturated carbocycles. The van der Waals surface area contributed by atoms with E-state index in [0.29, 0.717) is 0 Å². The summed E-state index contributed by atoms with van der Waals surface area (Å²) in [5.41, 5.74) is 15.0. The van der Waals surface area contributed by atoms with E-state index in [0.717, 1.165) is 0 Å². The summed E-state index contributed by atoms with van der Waals surface area (Å²) in [4.78, 5) is 2.61. The Bertz CT molecular complexity index is 649. The molecule has 0 aliphatic carbocycles. The van der Waals surface area contributed by atoms with Gasteiger partial charge in [0, 0.05) is 17.1 Å². The van der Waals surface area contributed by atoms with Gasteiger partial charge in [-0.3, -0.25) is 0 Å². The molecule has 0 spiro atoms. The van der Waals surface area contributed by atoms with Crippen molar-refractivity contribution in [3.63, 3.8) is 0 Å². The van der Waals surface area contributed by atoms with E-state index in [1.54, 1.807) is 5.56 Å². The van der Waals surface area contributed by atoms with Crippen molar-refractivity contribution in [1.82, 2.24) is 4.90 Å². The molecule has 27 heavy (non-hydrogen) atoms. The minimum Gasteiger partial charge on any atom is -0.731 e. The van der Waals surface area contributed by atoms with Crippen molar-refractivity contribution in [1.29, 1.82) is 0 Å². The first kappa shape index (κ1) is 24.2. The number of hydrogen-bond acceptors (Lipinski definition) is 1. The fourth-order valence-corrected chi connectivity index (χ4v) is 4.35. The minimum atomic E-state index is 0. The summed E-state index contributed by atoms with van der Waals surface area (Å²) < 4.78 is 0. The largest absolute Gasteiger partial charge is 0.731 e. The smallest absolute Gasteiger partial charge is 0 e. The van der Waals surface area contributed by atoms with Crippen LogP contribution in [0.2, 0.25) is 0 Å². The summed E-state index contributed by atoms with van der Waals surface area (Å²) in [7, 11) is 0. The number of rotatable bonds is 3. The molecule has 158 valence electrons. The topological polar surface area (TPSA) is 3.24 Å². The van der Waals surface area contributed by atoms with E-state index < -0.39 is 0 Å². The molecular formula is C25H39FeN-6. The molecule has 0 aromatic heterocycles. The number of likely N-dealkylation sites (tertiary alicyclic amines) is 1. The van der Waals surface area contributed by atoms with Gasteiger partial charge in [-0.05, 0) is 32.5 Å². The predicted octanol–water partition coefficient (Wildman–Crippen LogP) is 6.22. The fraction of sp³-hybridized carbons (Fsp3) is 0.600. The molecule has 1 saturated heterocycles. The van der Waals surface area contributed by atoms with Crippen LogP contribution in [0.5, 0.6) is 0 Å². The first-order valence-electron chi connectivity index (χ1n) is 10.3. The van der Waals surface area contributed by atoms with Crippen LogP contribution >= 0.6 is 0 Å². The van der Waals surface area contributed by atoms with Gasteiger partial charge in [0.15, 0.2) is 0 Å². The van der Waals surface area contributed by atoms with E-state index in [9.17, 15) is 0 Å². The van der Waals surface area contributed by atoms with Gasteiger partial charge in [-0.2, -0.15) is 22.3 Å². The maximum absolute atomic E-state index is 2.61. The van der Waals surface area contributed by atoms with Crippen molar-refractivity contribution >= 4 is 0 Å². The van der Waals surface area contributed by atoms with Gasteiger partial charge in [0.2, 0.25) is 0 Å². The van der Waals surface area contributed by atoms with E-state index in [4.69, 9.17) is 0 Å². The zero-order chi connectivity index (χ0) is 19.6. The van der Waals surface area contributed by atoms with Crippen LogP contribution in [-0.2, 0) is 23.5 Å². The molecule has 0 N–H and O–H groups in total. The van der Waals surface area contributed by atoms with Gasteiger partial charge in [0.25, 0.3) is 0 Å². The Labute approximate surface area is 178 Å². The minimum absolute atomic E-state index is 0. The van der Waals surface area contributed by atoms with Gasteiger partial charge in [-0.15, -0.1) is 5.56 Å². The van der Waals surface area contributed by atoms with Crippen LogP contribution in [-0.4, -0.2) is 24.5 Å². The van der Waals surface area contributed by atoms with Crippen LogP contribution in [0.25, 0.3) is 0 Å². The van der Waals surface area contributed by atoms with E-state index in [-0.39, 0.29) is 17.1 Å². The van der Waals surface area contributed by atoms with Gasteiger partial charge in [-0.25, -0.2) is 34.6 Å². The van der Waals surface area contributed by atoms with Crippen molar-refractivity contribution in [3.8, 4) is 0 Å². The molecule has 1 fully saturated rings. The summed E-state index contributed by atoms with van der Waals surface area (Å²) in [5, 5.41) is 0. The normalized spacial score (nSPS) is 14.1. The molecule has 2 aromatic rings. The number of hydrogen-bond donors (Lipinski definition) is 0. The molecule has 1 nitrogen and oxygen atoms in total.